The van der Waals surface area contributed by atoms with Gasteiger partial charge in [0, 0.05) is 25.2 Å². The summed E-state index contributed by atoms with van der Waals surface area (Å²) in [7, 11) is 1.46. The molecule has 4 heteroatoms. The van der Waals surface area contributed by atoms with E-state index < -0.39 is 0 Å². The zero-order valence-corrected chi connectivity index (χ0v) is 13.9. The molecule has 0 bridgehead atoms. The fourth-order valence-electron chi connectivity index (χ4n) is 3.18. The lowest BCUT2D eigenvalue weighted by atomic mass is 9.99. The lowest BCUT2D eigenvalue weighted by Gasteiger charge is -2.37. The summed E-state index contributed by atoms with van der Waals surface area (Å²) < 4.78 is 4.85. The van der Waals surface area contributed by atoms with Crippen molar-refractivity contribution in [3.8, 4) is 0 Å². The van der Waals surface area contributed by atoms with Gasteiger partial charge in [0.25, 0.3) is 0 Å². The number of nitrogens with one attached hydrogen (secondary N) is 1. The van der Waals surface area contributed by atoms with Crippen molar-refractivity contribution >= 4 is 5.97 Å². The molecule has 0 amide bonds. The summed E-state index contributed by atoms with van der Waals surface area (Å²) in [6.07, 6.45) is 2.92. The maximum Gasteiger partial charge on any atom is 0.322 e. The maximum atomic E-state index is 11.7. The van der Waals surface area contributed by atoms with Crippen molar-refractivity contribution in [2.24, 2.45) is 0 Å². The number of methoxy groups -OCH3 is 1. The van der Waals surface area contributed by atoms with Gasteiger partial charge in [0.15, 0.2) is 0 Å². The Hall–Kier alpha value is -1.39. The summed E-state index contributed by atoms with van der Waals surface area (Å²) in [5.41, 5.74) is 1.37. The van der Waals surface area contributed by atoms with E-state index in [1.54, 1.807) is 0 Å². The highest BCUT2D eigenvalue weighted by Crippen LogP contribution is 2.24. The maximum absolute atomic E-state index is 11.7. The van der Waals surface area contributed by atoms with Gasteiger partial charge in [0.1, 0.15) is 6.04 Å². The van der Waals surface area contributed by atoms with Gasteiger partial charge in [0.05, 0.1) is 7.11 Å². The minimum Gasteiger partial charge on any atom is -0.468 e. The second-order valence-electron chi connectivity index (χ2n) is 6.05. The Morgan fingerprint density at radius 1 is 1.32 bits per heavy atom. The molecule has 1 N–H and O–H groups in total. The number of rotatable bonds is 6. The third kappa shape index (κ3) is 4.31. The van der Waals surface area contributed by atoms with Crippen LogP contribution in [0.25, 0.3) is 0 Å². The molecule has 1 aromatic carbocycles. The molecule has 1 aliphatic heterocycles. The largest absolute Gasteiger partial charge is 0.468 e. The number of esters is 1. The van der Waals surface area contributed by atoms with Crippen molar-refractivity contribution in [3.05, 3.63) is 35.9 Å². The highest BCUT2D eigenvalue weighted by atomic mass is 16.5. The number of piperidine rings is 1. The second kappa shape index (κ2) is 8.30. The van der Waals surface area contributed by atoms with Crippen molar-refractivity contribution in [2.75, 3.05) is 20.2 Å². The average Bonchev–Trinajstić information content (AvgIpc) is 2.59. The molecule has 0 saturated carbocycles. The minimum atomic E-state index is -0.173. The van der Waals surface area contributed by atoms with Crippen molar-refractivity contribution < 1.29 is 9.53 Å². The molecule has 1 aliphatic rings. The molecule has 1 aromatic rings. The predicted molar refractivity (Wildman–Crippen MR) is 88.7 cm³/mol. The molecular weight excluding hydrogens is 276 g/mol. The summed E-state index contributed by atoms with van der Waals surface area (Å²) in [5.74, 6) is -0.150. The summed E-state index contributed by atoms with van der Waals surface area (Å²) >= 11 is 0. The molecule has 0 spiro atoms. The van der Waals surface area contributed by atoms with Gasteiger partial charge >= 0.3 is 5.97 Å². The van der Waals surface area contributed by atoms with E-state index in [2.05, 4.69) is 47.5 Å². The number of hydrogen-bond donors (Lipinski definition) is 1. The van der Waals surface area contributed by atoms with Crippen LogP contribution in [0.4, 0.5) is 0 Å². The summed E-state index contributed by atoms with van der Waals surface area (Å²) in [6, 6.07) is 11.3. The van der Waals surface area contributed by atoms with E-state index in [1.165, 1.54) is 12.7 Å². The number of carbonyl (C=O) groups is 1. The van der Waals surface area contributed by atoms with Crippen molar-refractivity contribution in [1.82, 2.24) is 10.2 Å². The highest BCUT2D eigenvalue weighted by Gasteiger charge is 2.26. The zero-order chi connectivity index (χ0) is 15.9. The lowest BCUT2D eigenvalue weighted by molar-refractivity contribution is -0.143. The zero-order valence-electron chi connectivity index (χ0n) is 13.9. The first-order valence-electron chi connectivity index (χ1n) is 8.28. The van der Waals surface area contributed by atoms with Crippen molar-refractivity contribution in [3.63, 3.8) is 0 Å². The molecular formula is C18H28N2O2. The van der Waals surface area contributed by atoms with Crippen LogP contribution in [-0.4, -0.2) is 43.2 Å². The molecule has 2 atom stereocenters. The number of ether oxygens (including phenoxy) is 1. The SMILES string of the molecule is CC[C@H](NC1CCN([C@H](C)c2ccccc2)CC1)C(=O)OC. The number of likely N-dealkylation sites (tertiary alicyclic amines) is 1. The second-order valence-corrected chi connectivity index (χ2v) is 6.05. The van der Waals surface area contributed by atoms with Crippen LogP contribution in [0.15, 0.2) is 30.3 Å². The first-order chi connectivity index (χ1) is 10.7. The van der Waals surface area contributed by atoms with Crippen LogP contribution < -0.4 is 5.32 Å². The van der Waals surface area contributed by atoms with Gasteiger partial charge in [-0.05, 0) is 31.7 Å². The van der Waals surface area contributed by atoms with E-state index >= 15 is 0 Å². The number of nitrogens with zero attached hydrogens (tertiary/aromatic N) is 1. The number of benzene rings is 1. The fourth-order valence-corrected chi connectivity index (χ4v) is 3.18. The van der Waals surface area contributed by atoms with E-state index in [0.29, 0.717) is 12.1 Å². The molecule has 22 heavy (non-hydrogen) atoms. The predicted octanol–water partition coefficient (Wildman–Crippen LogP) is 2.75. The van der Waals surface area contributed by atoms with Gasteiger partial charge in [0.2, 0.25) is 0 Å². The Kier molecular flexibility index (Phi) is 6.40. The van der Waals surface area contributed by atoms with Gasteiger partial charge in [-0.1, -0.05) is 37.3 Å². The van der Waals surface area contributed by atoms with Crippen LogP contribution in [0.1, 0.15) is 44.7 Å². The molecule has 0 aliphatic carbocycles. The van der Waals surface area contributed by atoms with Crippen LogP contribution in [0.3, 0.4) is 0 Å². The van der Waals surface area contributed by atoms with E-state index in [1.807, 2.05) is 6.92 Å². The molecule has 0 radical (unpaired) electrons. The topological polar surface area (TPSA) is 41.6 Å². The Morgan fingerprint density at radius 3 is 2.50 bits per heavy atom. The van der Waals surface area contributed by atoms with Gasteiger partial charge in [-0.2, -0.15) is 0 Å². The Labute approximate surface area is 133 Å². The number of hydrogen-bond acceptors (Lipinski definition) is 4. The van der Waals surface area contributed by atoms with Gasteiger partial charge in [-0.3, -0.25) is 9.69 Å². The third-order valence-electron chi connectivity index (χ3n) is 4.69. The number of carbonyl (C=O) groups excluding carboxylic acids is 1. The summed E-state index contributed by atoms with van der Waals surface area (Å²) in [4.78, 5) is 14.2. The van der Waals surface area contributed by atoms with Crippen LogP contribution in [0.5, 0.6) is 0 Å². The molecule has 122 valence electrons. The first kappa shape index (κ1) is 17.0. The van der Waals surface area contributed by atoms with Crippen molar-refractivity contribution in [1.29, 1.82) is 0 Å². The Bertz CT molecular complexity index is 455. The Morgan fingerprint density at radius 2 is 1.95 bits per heavy atom. The normalized spacial score (nSPS) is 19.6. The van der Waals surface area contributed by atoms with Crippen LogP contribution in [0.2, 0.25) is 0 Å². The minimum absolute atomic E-state index is 0.150. The van der Waals surface area contributed by atoms with E-state index in [-0.39, 0.29) is 12.0 Å². The Balaban J connectivity index is 1.84. The van der Waals surface area contributed by atoms with Crippen LogP contribution in [-0.2, 0) is 9.53 Å². The molecule has 1 heterocycles. The molecule has 0 aromatic heterocycles. The first-order valence-corrected chi connectivity index (χ1v) is 8.28. The molecule has 4 nitrogen and oxygen atoms in total. The summed E-state index contributed by atoms with van der Waals surface area (Å²) in [6.45, 7) is 6.41. The molecule has 1 fully saturated rings. The third-order valence-corrected chi connectivity index (χ3v) is 4.69. The van der Waals surface area contributed by atoms with Crippen LogP contribution in [0, 0.1) is 0 Å². The van der Waals surface area contributed by atoms with Crippen molar-refractivity contribution in [2.45, 2.75) is 51.2 Å². The molecule has 2 rings (SSSR count). The lowest BCUT2D eigenvalue weighted by Crippen LogP contribution is -2.49. The van der Waals surface area contributed by atoms with E-state index in [9.17, 15) is 4.79 Å². The monoisotopic (exact) mass is 304 g/mol. The summed E-state index contributed by atoms with van der Waals surface area (Å²) in [5, 5.41) is 3.45. The average molecular weight is 304 g/mol. The van der Waals surface area contributed by atoms with Crippen LogP contribution >= 0.6 is 0 Å². The quantitative estimate of drug-likeness (QED) is 0.821. The van der Waals surface area contributed by atoms with Gasteiger partial charge in [-0.15, -0.1) is 0 Å². The smallest absolute Gasteiger partial charge is 0.322 e. The van der Waals surface area contributed by atoms with E-state index in [0.717, 1.165) is 32.4 Å². The van der Waals surface area contributed by atoms with Gasteiger partial charge in [-0.25, -0.2) is 0 Å². The molecule has 0 unspecified atom stereocenters. The standard InChI is InChI=1S/C18H28N2O2/c1-4-17(18(21)22-3)19-16-10-12-20(13-11-16)14(2)15-8-6-5-7-9-15/h5-9,14,16-17,19H,4,10-13H2,1-3H3/t14-,17+/m1/s1. The highest BCUT2D eigenvalue weighted by molar-refractivity contribution is 5.75. The molecule has 1 saturated heterocycles. The fraction of sp³-hybridized carbons (Fsp3) is 0.611. The van der Waals surface area contributed by atoms with Gasteiger partial charge < -0.3 is 10.1 Å². The van der Waals surface area contributed by atoms with E-state index in [4.69, 9.17) is 4.74 Å².